The highest BCUT2D eigenvalue weighted by atomic mass is 16.2. The summed E-state index contributed by atoms with van der Waals surface area (Å²) in [6.07, 6.45) is 3.47. The zero-order valence-electron chi connectivity index (χ0n) is 17.6. The van der Waals surface area contributed by atoms with E-state index in [9.17, 15) is 4.79 Å². The van der Waals surface area contributed by atoms with Gasteiger partial charge < -0.3 is 9.80 Å². The molecule has 1 amide bonds. The van der Waals surface area contributed by atoms with Crippen molar-refractivity contribution in [3.63, 3.8) is 0 Å². The predicted octanol–water partition coefficient (Wildman–Crippen LogP) is 3.65. The van der Waals surface area contributed by atoms with Crippen molar-refractivity contribution in [2.45, 2.75) is 33.1 Å². The van der Waals surface area contributed by atoms with Crippen LogP contribution >= 0.6 is 0 Å². The summed E-state index contributed by atoms with van der Waals surface area (Å²) in [5, 5.41) is 2.73. The van der Waals surface area contributed by atoms with Gasteiger partial charge in [0.25, 0.3) is 0 Å². The summed E-state index contributed by atoms with van der Waals surface area (Å²) in [4.78, 5) is 19.2. The van der Waals surface area contributed by atoms with E-state index in [0.29, 0.717) is 6.54 Å². The molecular formula is C24H35N3O. The number of amides is 1. The molecule has 4 heteroatoms. The van der Waals surface area contributed by atoms with E-state index in [2.05, 4.69) is 66.1 Å². The van der Waals surface area contributed by atoms with Crippen LogP contribution in [-0.2, 0) is 11.2 Å². The van der Waals surface area contributed by atoms with Crippen LogP contribution in [0.15, 0.2) is 42.5 Å². The number of aryl methyl sites for hydroxylation is 1. The zero-order valence-corrected chi connectivity index (χ0v) is 17.6. The molecule has 1 fully saturated rings. The van der Waals surface area contributed by atoms with Crippen molar-refractivity contribution in [1.82, 2.24) is 14.7 Å². The first-order chi connectivity index (χ1) is 13.7. The van der Waals surface area contributed by atoms with Crippen LogP contribution in [0.2, 0.25) is 0 Å². The van der Waals surface area contributed by atoms with Gasteiger partial charge in [-0.05, 0) is 69.1 Å². The predicted molar refractivity (Wildman–Crippen MR) is 118 cm³/mol. The van der Waals surface area contributed by atoms with Gasteiger partial charge in [0.15, 0.2) is 0 Å². The Morgan fingerprint density at radius 2 is 1.64 bits per heavy atom. The maximum absolute atomic E-state index is 12.4. The second-order valence-corrected chi connectivity index (χ2v) is 7.78. The Morgan fingerprint density at radius 3 is 2.46 bits per heavy atom. The number of rotatable bonds is 8. The Kier molecular flexibility index (Phi) is 7.87. The Hall–Kier alpha value is -1.91. The highest BCUT2D eigenvalue weighted by Crippen LogP contribution is 2.20. The largest absolute Gasteiger partial charge is 0.342 e. The summed E-state index contributed by atoms with van der Waals surface area (Å²) in [5.74, 6) is 0.273. The summed E-state index contributed by atoms with van der Waals surface area (Å²) in [6, 6.07) is 15.3. The van der Waals surface area contributed by atoms with Crippen LogP contribution < -0.4 is 0 Å². The molecule has 2 aromatic carbocycles. The summed E-state index contributed by atoms with van der Waals surface area (Å²) in [7, 11) is 0. The third-order valence-electron chi connectivity index (χ3n) is 5.96. The molecule has 1 heterocycles. The summed E-state index contributed by atoms with van der Waals surface area (Å²) in [6.45, 7) is 11.7. The number of fused-ring (bicyclic) bond motifs is 1. The topological polar surface area (TPSA) is 26.8 Å². The minimum Gasteiger partial charge on any atom is -0.342 e. The third-order valence-corrected chi connectivity index (χ3v) is 5.96. The molecule has 3 rings (SSSR count). The fourth-order valence-corrected chi connectivity index (χ4v) is 4.28. The molecule has 1 aliphatic heterocycles. The monoisotopic (exact) mass is 381 g/mol. The second-order valence-electron chi connectivity index (χ2n) is 7.78. The van der Waals surface area contributed by atoms with Crippen molar-refractivity contribution in [1.29, 1.82) is 0 Å². The zero-order chi connectivity index (χ0) is 19.8. The molecule has 2 aromatic rings. The standard InChI is InChI=1S/C24H35N3O/c1-3-27(4-2)24(28)20-26-17-9-16-25(18-19-26)15-8-13-22-12-7-11-21-10-5-6-14-23(21)22/h5-7,10-12,14H,3-4,8-9,13,15-20H2,1-2H3. The first-order valence-electron chi connectivity index (χ1n) is 10.9. The Morgan fingerprint density at radius 1 is 0.929 bits per heavy atom. The Bertz CT molecular complexity index is 751. The average molecular weight is 382 g/mol. The van der Waals surface area contributed by atoms with E-state index in [4.69, 9.17) is 0 Å². The van der Waals surface area contributed by atoms with Crippen molar-refractivity contribution in [3.8, 4) is 0 Å². The number of nitrogens with zero attached hydrogens (tertiary/aromatic N) is 3. The summed E-state index contributed by atoms with van der Waals surface area (Å²) in [5.41, 5.74) is 1.46. The smallest absolute Gasteiger partial charge is 0.236 e. The van der Waals surface area contributed by atoms with Gasteiger partial charge in [-0.2, -0.15) is 0 Å². The van der Waals surface area contributed by atoms with Gasteiger partial charge in [-0.1, -0.05) is 42.5 Å². The number of carbonyl (C=O) groups is 1. The molecule has 0 spiro atoms. The molecule has 0 bridgehead atoms. The van der Waals surface area contributed by atoms with Crippen molar-refractivity contribution >= 4 is 16.7 Å². The number of benzene rings is 2. The minimum absolute atomic E-state index is 0.273. The van der Waals surface area contributed by atoms with E-state index in [1.165, 1.54) is 22.8 Å². The lowest BCUT2D eigenvalue weighted by Gasteiger charge is -2.25. The maximum atomic E-state index is 12.4. The van der Waals surface area contributed by atoms with Crippen LogP contribution in [0.4, 0.5) is 0 Å². The van der Waals surface area contributed by atoms with E-state index in [-0.39, 0.29) is 5.91 Å². The lowest BCUT2D eigenvalue weighted by atomic mass is 10.0. The van der Waals surface area contributed by atoms with Crippen molar-refractivity contribution < 1.29 is 4.79 Å². The van der Waals surface area contributed by atoms with Crippen LogP contribution in [0.3, 0.4) is 0 Å². The molecule has 152 valence electrons. The van der Waals surface area contributed by atoms with Crippen LogP contribution in [0.25, 0.3) is 10.8 Å². The van der Waals surface area contributed by atoms with Gasteiger partial charge in [-0.3, -0.25) is 9.69 Å². The van der Waals surface area contributed by atoms with Crippen LogP contribution in [0.5, 0.6) is 0 Å². The number of hydrogen-bond acceptors (Lipinski definition) is 3. The summed E-state index contributed by atoms with van der Waals surface area (Å²) < 4.78 is 0. The molecule has 0 N–H and O–H groups in total. The molecule has 0 unspecified atom stereocenters. The van der Waals surface area contributed by atoms with Crippen LogP contribution in [0, 0.1) is 0 Å². The Labute approximate surface area is 170 Å². The van der Waals surface area contributed by atoms with Gasteiger partial charge >= 0.3 is 0 Å². The van der Waals surface area contributed by atoms with Gasteiger partial charge in [0.1, 0.15) is 0 Å². The Balaban J connectivity index is 1.45. The highest BCUT2D eigenvalue weighted by molar-refractivity contribution is 5.85. The molecule has 0 aliphatic carbocycles. The molecule has 0 saturated carbocycles. The van der Waals surface area contributed by atoms with Gasteiger partial charge in [-0.25, -0.2) is 0 Å². The second kappa shape index (κ2) is 10.6. The molecule has 28 heavy (non-hydrogen) atoms. The number of hydrogen-bond donors (Lipinski definition) is 0. The van der Waals surface area contributed by atoms with Gasteiger partial charge in [-0.15, -0.1) is 0 Å². The van der Waals surface area contributed by atoms with E-state index < -0.39 is 0 Å². The molecule has 1 saturated heterocycles. The van der Waals surface area contributed by atoms with Gasteiger partial charge in [0.05, 0.1) is 6.54 Å². The minimum atomic E-state index is 0.273. The molecule has 0 atom stereocenters. The van der Waals surface area contributed by atoms with E-state index in [0.717, 1.165) is 58.7 Å². The summed E-state index contributed by atoms with van der Waals surface area (Å²) >= 11 is 0. The molecule has 0 radical (unpaired) electrons. The number of carbonyl (C=O) groups excluding carboxylic acids is 1. The lowest BCUT2D eigenvalue weighted by Crippen LogP contribution is -2.41. The van der Waals surface area contributed by atoms with Crippen molar-refractivity contribution in [2.24, 2.45) is 0 Å². The lowest BCUT2D eigenvalue weighted by molar-refractivity contribution is -0.132. The maximum Gasteiger partial charge on any atom is 0.236 e. The quantitative estimate of drug-likeness (QED) is 0.698. The first-order valence-corrected chi connectivity index (χ1v) is 10.9. The molecule has 1 aliphatic rings. The third kappa shape index (κ3) is 5.55. The van der Waals surface area contributed by atoms with Crippen LogP contribution in [-0.4, -0.2) is 73.0 Å². The SMILES string of the molecule is CCN(CC)C(=O)CN1CCCN(CCCc2cccc3ccccc23)CC1. The fraction of sp³-hybridized carbons (Fsp3) is 0.542. The van der Waals surface area contributed by atoms with Crippen molar-refractivity contribution in [2.75, 3.05) is 52.4 Å². The molecular weight excluding hydrogens is 346 g/mol. The van der Waals surface area contributed by atoms with E-state index in [1.807, 2.05) is 4.90 Å². The van der Waals surface area contributed by atoms with Gasteiger partial charge in [0.2, 0.25) is 5.91 Å². The van der Waals surface area contributed by atoms with E-state index >= 15 is 0 Å². The normalized spacial score (nSPS) is 16.2. The van der Waals surface area contributed by atoms with Crippen LogP contribution in [0.1, 0.15) is 32.3 Å². The average Bonchev–Trinajstić information content (AvgIpc) is 2.94. The van der Waals surface area contributed by atoms with Crippen molar-refractivity contribution in [3.05, 3.63) is 48.0 Å². The van der Waals surface area contributed by atoms with E-state index in [1.54, 1.807) is 0 Å². The van der Waals surface area contributed by atoms with Gasteiger partial charge in [0, 0.05) is 26.2 Å². The molecule has 4 nitrogen and oxygen atoms in total. The number of likely N-dealkylation sites (N-methyl/N-ethyl adjacent to an activating group) is 1. The fourth-order valence-electron chi connectivity index (χ4n) is 4.28. The first kappa shape index (κ1) is 20.8. The highest BCUT2D eigenvalue weighted by Gasteiger charge is 2.19. The molecule has 0 aromatic heterocycles.